The van der Waals surface area contributed by atoms with Gasteiger partial charge >= 0.3 is 12.3 Å². The molecule has 1 nitrogen and oxygen atoms in total. The van der Waals surface area contributed by atoms with Crippen LogP contribution in [-0.2, 0) is 17.9 Å². The summed E-state index contributed by atoms with van der Waals surface area (Å²) in [7, 11) is 0. The van der Waals surface area contributed by atoms with Gasteiger partial charge in [-0.1, -0.05) is 75.8 Å². The number of aryl methyl sites for hydroxylation is 1. The fourth-order valence-electron chi connectivity index (χ4n) is 5.21. The Morgan fingerprint density at radius 1 is 0.620 bits per heavy atom. The van der Waals surface area contributed by atoms with E-state index in [9.17, 15) is 22.0 Å². The molecular weight excluding hydrogens is 667 g/mol. The molecule has 0 atom stereocenters. The molecule has 10 heteroatoms. The van der Waals surface area contributed by atoms with Crippen LogP contribution in [0.15, 0.2) is 78.9 Å². The largest absolute Gasteiger partial charge is 0.458 e. The average Bonchev–Trinajstić information content (AvgIpc) is 3.01. The van der Waals surface area contributed by atoms with Crippen LogP contribution in [0.3, 0.4) is 0 Å². The van der Waals surface area contributed by atoms with Crippen molar-refractivity contribution in [3.8, 4) is 40.6 Å². The summed E-state index contributed by atoms with van der Waals surface area (Å²) in [5.74, 6) is 2.48. The van der Waals surface area contributed by atoms with E-state index >= 15 is 17.6 Å². The van der Waals surface area contributed by atoms with Gasteiger partial charge in [-0.25, -0.2) is 17.6 Å². The lowest BCUT2D eigenvalue weighted by atomic mass is 9.82. The van der Waals surface area contributed by atoms with Crippen molar-refractivity contribution in [1.82, 2.24) is 0 Å². The Hall–Kier alpha value is -5.35. The van der Waals surface area contributed by atoms with Gasteiger partial charge in [0.05, 0.1) is 16.7 Å². The summed E-state index contributed by atoms with van der Waals surface area (Å²) >= 11 is 0. The molecule has 0 saturated heterocycles. The first-order valence-corrected chi connectivity index (χ1v) is 15.2. The maximum absolute atomic E-state index is 15.3. The van der Waals surface area contributed by atoms with Gasteiger partial charge in [-0.05, 0) is 75.7 Å². The number of fused-ring (bicyclic) bond motifs is 1. The van der Waals surface area contributed by atoms with Gasteiger partial charge < -0.3 is 4.74 Å². The van der Waals surface area contributed by atoms with Crippen LogP contribution < -0.4 is 4.74 Å². The Balaban J connectivity index is 1.38. The first-order chi connectivity index (χ1) is 23.3. The van der Waals surface area contributed by atoms with E-state index in [0.717, 1.165) is 23.3 Å². The second-order valence-electron chi connectivity index (χ2n) is 12.5. The van der Waals surface area contributed by atoms with Crippen LogP contribution in [0.2, 0.25) is 0 Å². The number of alkyl halides is 5. The third-order valence-corrected chi connectivity index (χ3v) is 7.75. The third kappa shape index (κ3) is 8.09. The molecule has 0 spiro atoms. The topological polar surface area (TPSA) is 9.23 Å². The van der Waals surface area contributed by atoms with E-state index in [0.29, 0.717) is 46.4 Å². The fourth-order valence-corrected chi connectivity index (χ4v) is 5.21. The zero-order chi connectivity index (χ0) is 36.6. The van der Waals surface area contributed by atoms with Gasteiger partial charge in [0.2, 0.25) is 0 Å². The summed E-state index contributed by atoms with van der Waals surface area (Å²) in [6.07, 6.45) is -8.47. The Morgan fingerprint density at radius 2 is 1.26 bits per heavy atom. The molecule has 256 valence electrons. The standard InChI is InChI=1S/C40H27F9O/c1-5-23-16-33(38(2,3)4)31(35(42)17-23)13-7-24-6-12-30(34(41)18-24)27-9-8-26-20-28(11-10-25(26)19-27)40(48,49)50-29-21-36(43)32(37(44)22-29)14-15-39(45,46)47/h6,8-12,16-22H,5H2,1-4H3. The van der Waals surface area contributed by atoms with Crippen LogP contribution in [0.1, 0.15) is 61.1 Å². The molecule has 0 fully saturated rings. The summed E-state index contributed by atoms with van der Waals surface area (Å²) in [5.41, 5.74) is 0.481. The van der Waals surface area contributed by atoms with Crippen molar-refractivity contribution in [3.05, 3.63) is 136 Å². The van der Waals surface area contributed by atoms with Crippen molar-refractivity contribution in [3.63, 3.8) is 0 Å². The summed E-state index contributed by atoms with van der Waals surface area (Å²) in [6, 6.07) is 16.3. The highest BCUT2D eigenvalue weighted by molar-refractivity contribution is 5.88. The highest BCUT2D eigenvalue weighted by Gasteiger charge is 2.35. The van der Waals surface area contributed by atoms with Crippen LogP contribution in [0.25, 0.3) is 21.9 Å². The molecule has 0 aliphatic heterocycles. The maximum Gasteiger partial charge on any atom is 0.458 e. The quantitative estimate of drug-likeness (QED) is 0.131. The second kappa shape index (κ2) is 13.5. The molecule has 0 saturated carbocycles. The lowest BCUT2D eigenvalue weighted by Gasteiger charge is -2.22. The Bertz CT molecular complexity index is 2220. The monoisotopic (exact) mass is 694 g/mol. The van der Waals surface area contributed by atoms with Gasteiger partial charge in [0.1, 0.15) is 29.0 Å². The average molecular weight is 695 g/mol. The number of ether oxygens (including phenoxy) is 1. The lowest BCUT2D eigenvalue weighted by Crippen LogP contribution is -2.22. The van der Waals surface area contributed by atoms with E-state index < -0.39 is 52.4 Å². The van der Waals surface area contributed by atoms with E-state index in [1.165, 1.54) is 42.3 Å². The van der Waals surface area contributed by atoms with Gasteiger partial charge in [-0.2, -0.15) is 22.0 Å². The van der Waals surface area contributed by atoms with Crippen molar-refractivity contribution in [2.75, 3.05) is 0 Å². The zero-order valence-electron chi connectivity index (χ0n) is 27.0. The summed E-state index contributed by atoms with van der Waals surface area (Å²) in [5, 5.41) is 0.758. The molecular formula is C40H27F9O. The minimum Gasteiger partial charge on any atom is -0.429 e. The molecule has 0 aliphatic carbocycles. The Morgan fingerprint density at radius 3 is 1.88 bits per heavy atom. The van der Waals surface area contributed by atoms with Crippen LogP contribution in [0.4, 0.5) is 39.5 Å². The lowest BCUT2D eigenvalue weighted by molar-refractivity contribution is -0.185. The molecule has 0 amide bonds. The molecule has 5 aromatic rings. The van der Waals surface area contributed by atoms with Crippen LogP contribution >= 0.6 is 0 Å². The molecule has 0 radical (unpaired) electrons. The minimum absolute atomic E-state index is 0.205. The SMILES string of the molecule is CCc1cc(F)c(C#Cc2ccc(-c3ccc4cc(C(F)(F)Oc5cc(F)c(C#CC(F)(F)F)c(F)c5)ccc4c3)c(F)c2)c(C(C)(C)C)c1. The molecule has 5 aromatic carbocycles. The Labute approximate surface area is 282 Å². The van der Waals surface area contributed by atoms with E-state index in [4.69, 9.17) is 0 Å². The molecule has 0 unspecified atom stereocenters. The molecule has 0 aromatic heterocycles. The van der Waals surface area contributed by atoms with Gasteiger partial charge in [-0.15, -0.1) is 0 Å². The molecule has 5 rings (SSSR count). The van der Waals surface area contributed by atoms with Crippen LogP contribution in [0.5, 0.6) is 5.75 Å². The first-order valence-electron chi connectivity index (χ1n) is 15.2. The summed E-state index contributed by atoms with van der Waals surface area (Å²) in [4.78, 5) is 0. The van der Waals surface area contributed by atoms with Crippen molar-refractivity contribution in [2.24, 2.45) is 0 Å². The number of benzene rings is 5. The van der Waals surface area contributed by atoms with Gasteiger partial charge in [0, 0.05) is 29.2 Å². The summed E-state index contributed by atoms with van der Waals surface area (Å²) < 4.78 is 130. The predicted molar refractivity (Wildman–Crippen MR) is 174 cm³/mol. The van der Waals surface area contributed by atoms with Crippen molar-refractivity contribution < 1.29 is 44.3 Å². The second-order valence-corrected chi connectivity index (χ2v) is 12.5. The first kappa shape index (κ1) is 35.9. The van der Waals surface area contributed by atoms with Gasteiger partial charge in [0.15, 0.2) is 0 Å². The molecule has 0 N–H and O–H groups in total. The molecule has 0 aliphatic rings. The predicted octanol–water partition coefficient (Wildman–Crippen LogP) is 11.4. The number of hydrogen-bond donors (Lipinski definition) is 0. The molecule has 0 heterocycles. The highest BCUT2D eigenvalue weighted by Crippen LogP contribution is 2.36. The number of rotatable bonds is 5. The van der Waals surface area contributed by atoms with E-state index in [1.54, 1.807) is 12.1 Å². The normalized spacial score (nSPS) is 11.9. The van der Waals surface area contributed by atoms with E-state index in [2.05, 4.69) is 16.6 Å². The zero-order valence-corrected chi connectivity index (χ0v) is 27.0. The third-order valence-electron chi connectivity index (χ3n) is 7.75. The molecule has 50 heavy (non-hydrogen) atoms. The van der Waals surface area contributed by atoms with Crippen LogP contribution in [0, 0.1) is 47.0 Å². The van der Waals surface area contributed by atoms with Gasteiger partial charge in [0.25, 0.3) is 0 Å². The maximum atomic E-state index is 15.3. The van der Waals surface area contributed by atoms with Gasteiger partial charge in [-0.3, -0.25) is 0 Å². The number of hydrogen-bond acceptors (Lipinski definition) is 1. The smallest absolute Gasteiger partial charge is 0.429 e. The fraction of sp³-hybridized carbons (Fsp3) is 0.200. The Kier molecular flexibility index (Phi) is 9.72. The van der Waals surface area contributed by atoms with Crippen LogP contribution in [-0.4, -0.2) is 6.18 Å². The van der Waals surface area contributed by atoms with E-state index in [-0.39, 0.29) is 16.5 Å². The number of halogens is 9. The minimum atomic E-state index is -5.02. The van der Waals surface area contributed by atoms with Crippen molar-refractivity contribution >= 4 is 10.8 Å². The summed E-state index contributed by atoms with van der Waals surface area (Å²) in [6.45, 7) is 7.81. The molecule has 0 bridgehead atoms. The van der Waals surface area contributed by atoms with E-state index in [1.807, 2.05) is 33.8 Å². The van der Waals surface area contributed by atoms with Crippen molar-refractivity contribution in [2.45, 2.75) is 51.8 Å². The van der Waals surface area contributed by atoms with Crippen molar-refractivity contribution in [1.29, 1.82) is 0 Å². The highest BCUT2D eigenvalue weighted by atomic mass is 19.4.